The molecule has 1 aliphatic rings. The van der Waals surface area contributed by atoms with Crippen LogP contribution >= 0.6 is 0 Å². The van der Waals surface area contributed by atoms with Crippen molar-refractivity contribution in [3.05, 3.63) is 92.3 Å². The second-order valence-corrected chi connectivity index (χ2v) is 10.4. The molecule has 0 spiro atoms. The third-order valence-electron chi connectivity index (χ3n) is 5.44. The highest BCUT2D eigenvalue weighted by Gasteiger charge is 2.38. The van der Waals surface area contributed by atoms with Gasteiger partial charge >= 0.3 is 12.1 Å². The minimum Gasteiger partial charge on any atom is -0.405 e. The summed E-state index contributed by atoms with van der Waals surface area (Å²) in [5.41, 5.74) is -1.45. The van der Waals surface area contributed by atoms with Crippen LogP contribution in [0.15, 0.2) is 69.1 Å². The standard InChI is InChI=1S/C23H20F3N3O6S/c24-23(25,26)35-19-10-17(36(33,34)16-8-9-16)7-6-15(19)12-27-21(31)18-11-20(30)29(22(32)28-18)13-14-4-2-1-3-5-14/h1-7,10-11,16H,8-9,12-13H2,(H,27,31)(H,28,32). The molecule has 0 bridgehead atoms. The van der Waals surface area contributed by atoms with Crippen LogP contribution in [0.4, 0.5) is 13.2 Å². The summed E-state index contributed by atoms with van der Waals surface area (Å²) in [5.74, 6) is -1.71. The number of hydrogen-bond donors (Lipinski definition) is 2. The van der Waals surface area contributed by atoms with Crippen LogP contribution < -0.4 is 21.3 Å². The fourth-order valence-corrected chi connectivity index (χ4v) is 5.15. The van der Waals surface area contributed by atoms with E-state index < -0.39 is 50.9 Å². The first kappa shape index (κ1) is 25.2. The molecule has 1 saturated carbocycles. The summed E-state index contributed by atoms with van der Waals surface area (Å²) in [6, 6.07) is 12.6. The predicted octanol–water partition coefficient (Wildman–Crippen LogP) is 2.35. The smallest absolute Gasteiger partial charge is 0.405 e. The Labute approximate surface area is 202 Å². The number of alkyl halides is 3. The Kier molecular flexibility index (Phi) is 6.76. The number of ether oxygens (including phenoxy) is 1. The normalized spacial score (nSPS) is 13.9. The number of nitrogens with one attached hydrogen (secondary N) is 2. The maximum Gasteiger partial charge on any atom is 0.573 e. The summed E-state index contributed by atoms with van der Waals surface area (Å²) < 4.78 is 68.5. The van der Waals surface area contributed by atoms with Gasteiger partial charge in [0.1, 0.15) is 11.4 Å². The molecule has 0 aliphatic heterocycles. The van der Waals surface area contributed by atoms with Gasteiger partial charge in [0.15, 0.2) is 9.84 Å². The minimum absolute atomic E-state index is 0.0227. The van der Waals surface area contributed by atoms with Crippen molar-refractivity contribution in [1.82, 2.24) is 14.9 Å². The van der Waals surface area contributed by atoms with Crippen LogP contribution in [0.25, 0.3) is 0 Å². The number of aromatic nitrogens is 2. The van der Waals surface area contributed by atoms with E-state index in [1.54, 1.807) is 30.3 Å². The molecule has 9 nitrogen and oxygen atoms in total. The van der Waals surface area contributed by atoms with Crippen LogP contribution in [0.2, 0.25) is 0 Å². The molecule has 190 valence electrons. The van der Waals surface area contributed by atoms with Gasteiger partial charge in [0.25, 0.3) is 11.5 Å². The van der Waals surface area contributed by atoms with Crippen LogP contribution in [-0.2, 0) is 22.9 Å². The third kappa shape index (κ3) is 5.85. The Morgan fingerprint density at radius 3 is 2.39 bits per heavy atom. The van der Waals surface area contributed by atoms with E-state index in [0.717, 1.165) is 28.8 Å². The maximum absolute atomic E-state index is 12.9. The quantitative estimate of drug-likeness (QED) is 0.467. The molecule has 1 heterocycles. The molecule has 2 aromatic carbocycles. The van der Waals surface area contributed by atoms with E-state index in [2.05, 4.69) is 15.0 Å². The van der Waals surface area contributed by atoms with Crippen LogP contribution in [0, 0.1) is 0 Å². The Morgan fingerprint density at radius 2 is 1.78 bits per heavy atom. The lowest BCUT2D eigenvalue weighted by Gasteiger charge is -2.15. The molecule has 0 saturated heterocycles. The lowest BCUT2D eigenvalue weighted by atomic mass is 10.2. The first-order valence-corrected chi connectivity index (χ1v) is 12.3. The molecule has 1 fully saturated rings. The van der Waals surface area contributed by atoms with Gasteiger partial charge in [0, 0.05) is 18.2 Å². The molecule has 0 atom stereocenters. The highest BCUT2D eigenvalue weighted by molar-refractivity contribution is 7.92. The molecule has 36 heavy (non-hydrogen) atoms. The van der Waals surface area contributed by atoms with Crippen LogP contribution in [0.1, 0.15) is 34.5 Å². The molecule has 2 N–H and O–H groups in total. The van der Waals surface area contributed by atoms with Gasteiger partial charge in [-0.25, -0.2) is 13.2 Å². The molecular weight excluding hydrogens is 503 g/mol. The van der Waals surface area contributed by atoms with Crippen molar-refractivity contribution in [3.63, 3.8) is 0 Å². The average Bonchev–Trinajstić information content (AvgIpc) is 3.66. The molecular formula is C23H20F3N3O6S. The Hall–Kier alpha value is -3.87. The van der Waals surface area contributed by atoms with Crippen molar-refractivity contribution < 1.29 is 31.1 Å². The molecule has 4 rings (SSSR count). The molecule has 1 aromatic heterocycles. The summed E-state index contributed by atoms with van der Waals surface area (Å²) in [6.45, 7) is -0.520. The number of carbonyl (C=O) groups excluding carboxylic acids is 1. The maximum atomic E-state index is 12.9. The van der Waals surface area contributed by atoms with E-state index >= 15 is 0 Å². The number of halogens is 3. The largest absolute Gasteiger partial charge is 0.573 e. The number of benzene rings is 2. The minimum atomic E-state index is -5.10. The number of H-pyrrole nitrogens is 1. The van der Waals surface area contributed by atoms with Crippen molar-refractivity contribution in [2.45, 2.75) is 42.4 Å². The number of sulfone groups is 1. The molecule has 3 aromatic rings. The number of carbonyl (C=O) groups is 1. The lowest BCUT2D eigenvalue weighted by molar-refractivity contribution is -0.275. The van der Waals surface area contributed by atoms with Crippen molar-refractivity contribution in [3.8, 4) is 5.75 Å². The van der Waals surface area contributed by atoms with Gasteiger partial charge in [0.05, 0.1) is 16.7 Å². The van der Waals surface area contributed by atoms with E-state index in [0.29, 0.717) is 18.4 Å². The van der Waals surface area contributed by atoms with Gasteiger partial charge in [-0.2, -0.15) is 0 Å². The number of rotatable bonds is 8. The van der Waals surface area contributed by atoms with E-state index in [4.69, 9.17) is 0 Å². The molecule has 0 unspecified atom stereocenters. The number of nitrogens with zero attached hydrogens (tertiary/aromatic N) is 1. The third-order valence-corrected chi connectivity index (χ3v) is 7.70. The number of aromatic amines is 1. The van der Waals surface area contributed by atoms with Crippen molar-refractivity contribution in [2.24, 2.45) is 0 Å². The summed E-state index contributed by atoms with van der Waals surface area (Å²) in [6.07, 6.45) is -4.24. The van der Waals surface area contributed by atoms with Gasteiger partial charge < -0.3 is 15.0 Å². The molecule has 1 aliphatic carbocycles. The first-order chi connectivity index (χ1) is 16.9. The zero-order valence-corrected chi connectivity index (χ0v) is 19.4. The number of amides is 1. The SMILES string of the molecule is O=C(NCc1ccc(S(=O)(=O)C2CC2)cc1OC(F)(F)F)c1cc(=O)n(Cc2ccccc2)c(=O)[nH]1. The predicted molar refractivity (Wildman–Crippen MR) is 121 cm³/mol. The molecule has 13 heteroatoms. The fraction of sp³-hybridized carbons (Fsp3) is 0.261. The zero-order valence-electron chi connectivity index (χ0n) is 18.5. The molecule has 1 amide bonds. The van der Waals surface area contributed by atoms with Gasteiger partial charge in [-0.1, -0.05) is 36.4 Å². The van der Waals surface area contributed by atoms with Crippen molar-refractivity contribution in [1.29, 1.82) is 0 Å². The van der Waals surface area contributed by atoms with Crippen molar-refractivity contribution in [2.75, 3.05) is 0 Å². The average molecular weight is 523 g/mol. The topological polar surface area (TPSA) is 127 Å². The Morgan fingerprint density at radius 1 is 1.08 bits per heavy atom. The van der Waals surface area contributed by atoms with Crippen LogP contribution in [0.3, 0.4) is 0 Å². The van der Waals surface area contributed by atoms with Crippen LogP contribution in [0.5, 0.6) is 5.75 Å². The Bertz CT molecular complexity index is 1480. The van der Waals surface area contributed by atoms with Gasteiger partial charge in [0.2, 0.25) is 0 Å². The van der Waals surface area contributed by atoms with Gasteiger partial charge in [-0.3, -0.25) is 14.2 Å². The van der Waals surface area contributed by atoms with Gasteiger partial charge in [-0.15, -0.1) is 13.2 Å². The van der Waals surface area contributed by atoms with E-state index in [9.17, 15) is 36.0 Å². The summed E-state index contributed by atoms with van der Waals surface area (Å²) in [7, 11) is -3.78. The summed E-state index contributed by atoms with van der Waals surface area (Å²) >= 11 is 0. The van der Waals surface area contributed by atoms with E-state index in [1.165, 1.54) is 0 Å². The fourth-order valence-electron chi connectivity index (χ4n) is 3.48. The highest BCUT2D eigenvalue weighted by atomic mass is 32.2. The van der Waals surface area contributed by atoms with E-state index in [1.807, 2.05) is 0 Å². The zero-order chi connectivity index (χ0) is 26.1. The second-order valence-electron chi connectivity index (χ2n) is 8.14. The lowest BCUT2D eigenvalue weighted by Crippen LogP contribution is -2.38. The summed E-state index contributed by atoms with van der Waals surface area (Å²) in [5, 5.41) is 1.67. The van der Waals surface area contributed by atoms with Crippen molar-refractivity contribution >= 4 is 15.7 Å². The molecule has 0 radical (unpaired) electrons. The van der Waals surface area contributed by atoms with Crippen LogP contribution in [-0.4, -0.2) is 35.5 Å². The second kappa shape index (κ2) is 9.64. The monoisotopic (exact) mass is 523 g/mol. The van der Waals surface area contributed by atoms with E-state index in [-0.39, 0.29) is 22.7 Å². The van der Waals surface area contributed by atoms with Gasteiger partial charge in [-0.05, 0) is 30.5 Å². The Balaban J connectivity index is 1.53. The highest BCUT2D eigenvalue weighted by Crippen LogP contribution is 2.36. The summed E-state index contributed by atoms with van der Waals surface area (Å²) in [4.78, 5) is 39.3. The first-order valence-electron chi connectivity index (χ1n) is 10.7. The number of hydrogen-bond acceptors (Lipinski definition) is 6.